The quantitative estimate of drug-likeness (QED) is 0.174. The van der Waals surface area contributed by atoms with Gasteiger partial charge in [0.05, 0.1) is 26.0 Å². The van der Waals surface area contributed by atoms with Crippen LogP contribution in [0.5, 0.6) is 5.75 Å². The van der Waals surface area contributed by atoms with Gasteiger partial charge in [0, 0.05) is 0 Å². The summed E-state index contributed by atoms with van der Waals surface area (Å²) in [5.41, 5.74) is 1.53. The van der Waals surface area contributed by atoms with Gasteiger partial charge in [0.2, 0.25) is 0 Å². The van der Waals surface area contributed by atoms with Crippen LogP contribution in [-0.4, -0.2) is 26.0 Å². The Bertz CT molecular complexity index is 561. The van der Waals surface area contributed by atoms with Gasteiger partial charge >= 0.3 is 7.82 Å². The molecule has 1 rings (SSSR count). The van der Waals surface area contributed by atoms with Crippen molar-refractivity contribution in [3.8, 4) is 5.75 Å². The zero-order valence-electron chi connectivity index (χ0n) is 14.6. The van der Waals surface area contributed by atoms with Crippen LogP contribution in [0.3, 0.4) is 0 Å². The summed E-state index contributed by atoms with van der Waals surface area (Å²) in [5.74, 6) is 0.749. The van der Waals surface area contributed by atoms with Gasteiger partial charge in [-0.05, 0) is 62.9 Å². The van der Waals surface area contributed by atoms with Crippen molar-refractivity contribution in [2.24, 2.45) is 5.16 Å². The molecule has 0 saturated carbocycles. The van der Waals surface area contributed by atoms with Crippen LogP contribution in [-0.2, 0) is 18.2 Å². The highest BCUT2D eigenvalue weighted by molar-refractivity contribution is 7.48. The van der Waals surface area contributed by atoms with Crippen LogP contribution in [0.25, 0.3) is 0 Å². The number of hydrogen-bond donors (Lipinski definition) is 0. The zero-order chi connectivity index (χ0) is 17.8. The molecular weight excluding hydrogens is 329 g/mol. The molecule has 0 aliphatic heterocycles. The third-order valence-corrected chi connectivity index (χ3v) is 4.50. The third kappa shape index (κ3) is 6.87. The van der Waals surface area contributed by atoms with E-state index >= 15 is 0 Å². The van der Waals surface area contributed by atoms with E-state index in [1.807, 2.05) is 30.3 Å². The van der Waals surface area contributed by atoms with Gasteiger partial charge in [0.25, 0.3) is 0 Å². The monoisotopic (exact) mass is 355 g/mol. The van der Waals surface area contributed by atoms with E-state index in [4.69, 9.17) is 18.4 Å². The van der Waals surface area contributed by atoms with Crippen molar-refractivity contribution in [2.75, 3.05) is 20.3 Å². The SMILES string of the molecule is C=CCCC/C(=N\OP(=O)(OCC)OCC)c1ccc(OC)cc1. The highest BCUT2D eigenvalue weighted by atomic mass is 31.2. The normalized spacial score (nSPS) is 12.0. The molecule has 0 aliphatic carbocycles. The van der Waals surface area contributed by atoms with E-state index in [0.717, 1.165) is 24.2 Å². The first-order chi connectivity index (χ1) is 11.6. The summed E-state index contributed by atoms with van der Waals surface area (Å²) in [6.07, 6.45) is 4.20. The van der Waals surface area contributed by atoms with Crippen molar-refractivity contribution >= 4 is 13.5 Å². The molecule has 24 heavy (non-hydrogen) atoms. The molecule has 0 radical (unpaired) electrons. The lowest BCUT2D eigenvalue weighted by Gasteiger charge is -2.14. The van der Waals surface area contributed by atoms with Gasteiger partial charge in [-0.25, -0.2) is 4.57 Å². The van der Waals surface area contributed by atoms with Gasteiger partial charge in [-0.15, -0.1) is 6.58 Å². The maximum Gasteiger partial charge on any atom is 0.550 e. The molecule has 0 saturated heterocycles. The van der Waals surface area contributed by atoms with Crippen LogP contribution >= 0.6 is 7.82 Å². The Morgan fingerprint density at radius 1 is 1.21 bits per heavy atom. The maximum atomic E-state index is 12.4. The van der Waals surface area contributed by atoms with E-state index in [-0.39, 0.29) is 13.2 Å². The average molecular weight is 355 g/mol. The second kappa shape index (κ2) is 11.0. The fraction of sp³-hybridized carbons (Fsp3) is 0.471. The number of phosphoric ester groups is 1. The van der Waals surface area contributed by atoms with Crippen LogP contribution < -0.4 is 4.74 Å². The van der Waals surface area contributed by atoms with Crippen LogP contribution in [0.4, 0.5) is 0 Å². The Balaban J connectivity index is 2.97. The van der Waals surface area contributed by atoms with Gasteiger partial charge in [-0.1, -0.05) is 11.2 Å². The molecule has 0 aromatic heterocycles. The summed E-state index contributed by atoms with van der Waals surface area (Å²) in [6, 6.07) is 7.43. The van der Waals surface area contributed by atoms with Gasteiger partial charge < -0.3 is 4.74 Å². The topological polar surface area (TPSA) is 66.4 Å². The molecule has 1 aromatic rings. The van der Waals surface area contributed by atoms with Gasteiger partial charge in [0.1, 0.15) is 5.75 Å². The molecule has 1 aromatic carbocycles. The van der Waals surface area contributed by atoms with E-state index in [9.17, 15) is 4.57 Å². The number of hydrogen-bond acceptors (Lipinski definition) is 6. The van der Waals surface area contributed by atoms with E-state index in [2.05, 4.69) is 11.7 Å². The lowest BCUT2D eigenvalue weighted by atomic mass is 10.0. The number of nitrogens with zero attached hydrogens (tertiary/aromatic N) is 1. The Labute approximate surface area is 144 Å². The molecule has 7 heteroatoms. The van der Waals surface area contributed by atoms with Crippen molar-refractivity contribution in [2.45, 2.75) is 33.1 Å². The first-order valence-corrected chi connectivity index (χ1v) is 9.44. The number of unbranched alkanes of at least 4 members (excludes halogenated alkanes) is 1. The highest BCUT2D eigenvalue weighted by Gasteiger charge is 2.27. The summed E-state index contributed by atoms with van der Waals surface area (Å²) < 4.78 is 32.9. The number of ether oxygens (including phenoxy) is 1. The van der Waals surface area contributed by atoms with E-state index in [1.165, 1.54) is 0 Å². The molecule has 0 atom stereocenters. The van der Waals surface area contributed by atoms with Gasteiger partial charge in [-0.2, -0.15) is 0 Å². The van der Waals surface area contributed by atoms with Gasteiger partial charge in [-0.3, -0.25) is 13.7 Å². The number of benzene rings is 1. The van der Waals surface area contributed by atoms with Crippen molar-refractivity contribution in [1.82, 2.24) is 0 Å². The molecule has 0 heterocycles. The van der Waals surface area contributed by atoms with E-state index < -0.39 is 7.82 Å². The molecule has 0 spiro atoms. The maximum absolute atomic E-state index is 12.4. The first kappa shape index (κ1) is 20.4. The minimum Gasteiger partial charge on any atom is -0.497 e. The van der Waals surface area contributed by atoms with Crippen molar-refractivity contribution in [3.63, 3.8) is 0 Å². The summed E-state index contributed by atoms with van der Waals surface area (Å²) in [5, 5.41) is 4.06. The van der Waals surface area contributed by atoms with Crippen LogP contribution in [0, 0.1) is 0 Å². The van der Waals surface area contributed by atoms with Crippen LogP contribution in [0.15, 0.2) is 42.1 Å². The zero-order valence-corrected chi connectivity index (χ0v) is 15.5. The van der Waals surface area contributed by atoms with E-state index in [1.54, 1.807) is 21.0 Å². The second-order valence-electron chi connectivity index (χ2n) is 4.81. The molecular formula is C17H26NO5P. The second-order valence-corrected chi connectivity index (χ2v) is 6.39. The smallest absolute Gasteiger partial charge is 0.497 e. The van der Waals surface area contributed by atoms with E-state index in [0.29, 0.717) is 12.1 Å². The van der Waals surface area contributed by atoms with Crippen molar-refractivity contribution in [3.05, 3.63) is 42.5 Å². The fourth-order valence-electron chi connectivity index (χ4n) is 1.94. The minimum atomic E-state index is -3.68. The largest absolute Gasteiger partial charge is 0.550 e. The molecule has 0 unspecified atom stereocenters. The first-order valence-electron chi connectivity index (χ1n) is 7.98. The summed E-state index contributed by atoms with van der Waals surface area (Å²) in [6.45, 7) is 7.56. The number of phosphoric acid groups is 1. The number of allylic oxidation sites excluding steroid dienone is 1. The third-order valence-electron chi connectivity index (χ3n) is 3.07. The molecule has 0 aliphatic rings. The Hall–Kier alpha value is -1.62. The molecule has 0 N–H and O–H groups in total. The molecule has 6 nitrogen and oxygen atoms in total. The highest BCUT2D eigenvalue weighted by Crippen LogP contribution is 2.49. The summed E-state index contributed by atoms with van der Waals surface area (Å²) >= 11 is 0. The Morgan fingerprint density at radius 3 is 2.33 bits per heavy atom. The summed E-state index contributed by atoms with van der Waals surface area (Å²) in [4.78, 5) is 0. The lowest BCUT2D eigenvalue weighted by Crippen LogP contribution is -2.04. The molecule has 0 amide bonds. The van der Waals surface area contributed by atoms with Crippen molar-refractivity contribution < 1.29 is 23.0 Å². The molecule has 0 bridgehead atoms. The van der Waals surface area contributed by atoms with Crippen LogP contribution in [0.2, 0.25) is 0 Å². The average Bonchev–Trinajstić information content (AvgIpc) is 2.58. The van der Waals surface area contributed by atoms with Crippen molar-refractivity contribution in [1.29, 1.82) is 0 Å². The predicted octanol–water partition coefficient (Wildman–Crippen LogP) is 4.95. The number of oxime groups is 1. The minimum absolute atomic E-state index is 0.209. The summed E-state index contributed by atoms with van der Waals surface area (Å²) in [7, 11) is -2.07. The Kier molecular flexibility index (Phi) is 9.38. The molecule has 0 fully saturated rings. The number of methoxy groups -OCH3 is 1. The van der Waals surface area contributed by atoms with Crippen LogP contribution in [0.1, 0.15) is 38.7 Å². The lowest BCUT2D eigenvalue weighted by molar-refractivity contribution is 0.124. The standard InChI is InChI=1S/C17H26NO5P/c1-5-8-9-10-17(15-11-13-16(20-4)14-12-15)18-23-24(19,21-6-2)22-7-3/h5,11-14H,1,6-10H2,2-4H3/b18-17+. The fourth-order valence-corrected chi connectivity index (χ4v) is 2.94. The Morgan fingerprint density at radius 2 is 1.83 bits per heavy atom. The molecule has 134 valence electrons. The van der Waals surface area contributed by atoms with Gasteiger partial charge in [0.15, 0.2) is 0 Å². The number of rotatable bonds is 12. The predicted molar refractivity (Wildman–Crippen MR) is 95.5 cm³/mol.